The maximum absolute atomic E-state index is 13.5. The molecular formula is C28H21FN4O4. The number of ether oxygens (including phenoxy) is 1. The van der Waals surface area contributed by atoms with Crippen LogP contribution in [0.1, 0.15) is 27.0 Å². The van der Waals surface area contributed by atoms with E-state index in [1.807, 2.05) is 36.4 Å². The summed E-state index contributed by atoms with van der Waals surface area (Å²) in [6.45, 7) is 0.437. The predicted molar refractivity (Wildman–Crippen MR) is 132 cm³/mol. The number of urea groups is 1. The van der Waals surface area contributed by atoms with Gasteiger partial charge in [-0.1, -0.05) is 36.4 Å². The Labute approximate surface area is 211 Å². The normalized spacial score (nSPS) is 18.6. The number of fused-ring (bicyclic) bond motifs is 2. The van der Waals surface area contributed by atoms with Crippen molar-refractivity contribution in [1.82, 2.24) is 20.5 Å². The molecule has 1 saturated heterocycles. The summed E-state index contributed by atoms with van der Waals surface area (Å²) >= 11 is 0. The first kappa shape index (κ1) is 22.7. The molecule has 6 rings (SSSR count). The fourth-order valence-corrected chi connectivity index (χ4v) is 4.84. The molecular weight excluding hydrogens is 475 g/mol. The van der Waals surface area contributed by atoms with Gasteiger partial charge in [0.05, 0.1) is 12.1 Å². The average molecular weight is 496 g/mol. The van der Waals surface area contributed by atoms with Crippen LogP contribution in [0.25, 0.3) is 10.9 Å². The van der Waals surface area contributed by atoms with Gasteiger partial charge in [-0.3, -0.25) is 19.9 Å². The molecule has 0 unspecified atom stereocenters. The third-order valence-electron chi connectivity index (χ3n) is 6.72. The van der Waals surface area contributed by atoms with Crippen molar-refractivity contribution in [2.45, 2.75) is 18.7 Å². The molecule has 0 spiro atoms. The summed E-state index contributed by atoms with van der Waals surface area (Å²) in [5.41, 5.74) is 1.91. The minimum absolute atomic E-state index is 0.108. The van der Waals surface area contributed by atoms with E-state index in [1.54, 1.807) is 18.3 Å². The summed E-state index contributed by atoms with van der Waals surface area (Å²) in [7, 11) is 0. The summed E-state index contributed by atoms with van der Waals surface area (Å²) in [5, 5.41) is 5.90. The fraction of sp³-hybridized carbons (Fsp3) is 0.143. The van der Waals surface area contributed by atoms with Crippen molar-refractivity contribution >= 4 is 28.7 Å². The zero-order chi connectivity index (χ0) is 25.6. The molecule has 0 bridgehead atoms. The Balaban J connectivity index is 1.21. The van der Waals surface area contributed by atoms with Crippen molar-refractivity contribution in [2.75, 3.05) is 6.54 Å². The number of aromatic nitrogens is 1. The number of carbonyl (C=O) groups excluding carboxylic acids is 3. The summed E-state index contributed by atoms with van der Waals surface area (Å²) < 4.78 is 19.5. The molecule has 37 heavy (non-hydrogen) atoms. The highest BCUT2D eigenvalue weighted by molar-refractivity contribution is 6.08. The second kappa shape index (κ2) is 8.70. The summed E-state index contributed by atoms with van der Waals surface area (Å²) in [6.07, 6.45) is 1.76. The summed E-state index contributed by atoms with van der Waals surface area (Å²) in [4.78, 5) is 44.2. The van der Waals surface area contributed by atoms with Crippen molar-refractivity contribution in [3.8, 4) is 5.75 Å². The maximum atomic E-state index is 13.5. The van der Waals surface area contributed by atoms with Crippen LogP contribution in [0.3, 0.4) is 0 Å². The smallest absolute Gasteiger partial charge is 0.322 e. The standard InChI is InChI=1S/C28H21FN4O4/c29-21-8-6-20(7-9-21)28(26(35)31-27(36)32-28)16-33-14-19-5-10-22(12-23(19)25(33)34)37-15-17-11-18-3-1-2-4-24(18)30-13-17/h1-13H,14-16H2,(H2,31,32,35,36)/t28-/m0/s1. The van der Waals surface area contributed by atoms with Gasteiger partial charge in [0.1, 0.15) is 18.2 Å². The zero-order valence-corrected chi connectivity index (χ0v) is 19.5. The molecule has 0 saturated carbocycles. The fourth-order valence-electron chi connectivity index (χ4n) is 4.84. The van der Waals surface area contributed by atoms with Gasteiger partial charge in [0, 0.05) is 29.3 Å². The number of carbonyl (C=O) groups is 3. The van der Waals surface area contributed by atoms with Gasteiger partial charge in [0.25, 0.3) is 11.8 Å². The predicted octanol–water partition coefficient (Wildman–Crippen LogP) is 3.64. The van der Waals surface area contributed by atoms with Crippen LogP contribution < -0.4 is 15.4 Å². The molecule has 4 aromatic rings. The van der Waals surface area contributed by atoms with Crippen LogP contribution in [0, 0.1) is 5.82 Å². The van der Waals surface area contributed by atoms with E-state index in [1.165, 1.54) is 29.2 Å². The first-order chi connectivity index (χ1) is 17.9. The van der Waals surface area contributed by atoms with E-state index >= 15 is 0 Å². The van der Waals surface area contributed by atoms with Gasteiger partial charge in [-0.25, -0.2) is 9.18 Å². The Bertz CT molecular complexity index is 1570. The highest BCUT2D eigenvalue weighted by atomic mass is 19.1. The molecule has 1 atom stereocenters. The van der Waals surface area contributed by atoms with E-state index in [9.17, 15) is 18.8 Å². The number of halogens is 1. The van der Waals surface area contributed by atoms with E-state index in [-0.39, 0.29) is 25.6 Å². The summed E-state index contributed by atoms with van der Waals surface area (Å²) in [6, 6.07) is 19.7. The number of rotatable bonds is 6. The Hall–Kier alpha value is -4.79. The van der Waals surface area contributed by atoms with Crippen LogP contribution in [-0.4, -0.2) is 34.3 Å². The Morgan fingerprint density at radius 3 is 2.59 bits per heavy atom. The number of nitrogens with one attached hydrogen (secondary N) is 2. The molecule has 1 aromatic heterocycles. The molecule has 2 aliphatic rings. The third kappa shape index (κ3) is 4.04. The SMILES string of the molecule is O=C1NC(=O)[C@](CN2Cc3ccc(OCc4cnc5ccccc5c4)cc3C2=O)(c2ccc(F)cc2)N1. The lowest BCUT2D eigenvalue weighted by Gasteiger charge is -2.31. The Morgan fingerprint density at radius 2 is 1.81 bits per heavy atom. The van der Waals surface area contributed by atoms with E-state index < -0.39 is 23.3 Å². The third-order valence-corrected chi connectivity index (χ3v) is 6.72. The van der Waals surface area contributed by atoms with E-state index in [4.69, 9.17) is 4.74 Å². The maximum Gasteiger partial charge on any atom is 0.322 e. The lowest BCUT2D eigenvalue weighted by molar-refractivity contribution is -0.124. The Kier molecular flexibility index (Phi) is 5.33. The van der Waals surface area contributed by atoms with Crippen LogP contribution in [0.4, 0.5) is 9.18 Å². The van der Waals surface area contributed by atoms with Crippen molar-refractivity contribution in [3.63, 3.8) is 0 Å². The first-order valence-electron chi connectivity index (χ1n) is 11.7. The van der Waals surface area contributed by atoms with Crippen molar-refractivity contribution < 1.29 is 23.5 Å². The molecule has 3 heterocycles. The van der Waals surface area contributed by atoms with Gasteiger partial charge in [-0.2, -0.15) is 0 Å². The zero-order valence-electron chi connectivity index (χ0n) is 19.5. The van der Waals surface area contributed by atoms with Crippen molar-refractivity contribution in [1.29, 1.82) is 0 Å². The molecule has 1 fully saturated rings. The van der Waals surface area contributed by atoms with Crippen LogP contribution in [0.15, 0.2) is 79.0 Å². The number of nitrogens with zero attached hydrogens (tertiary/aromatic N) is 2. The van der Waals surface area contributed by atoms with Gasteiger partial charge in [-0.05, 0) is 47.5 Å². The average Bonchev–Trinajstić information content (AvgIpc) is 3.37. The van der Waals surface area contributed by atoms with Crippen LogP contribution in [0.5, 0.6) is 5.75 Å². The van der Waals surface area contributed by atoms with Gasteiger partial charge in [-0.15, -0.1) is 0 Å². The first-order valence-corrected chi connectivity index (χ1v) is 11.7. The van der Waals surface area contributed by atoms with Crippen molar-refractivity contribution in [3.05, 3.63) is 107 Å². The topological polar surface area (TPSA) is 101 Å². The highest BCUT2D eigenvalue weighted by Gasteiger charge is 2.50. The van der Waals surface area contributed by atoms with E-state index in [0.29, 0.717) is 16.9 Å². The highest BCUT2D eigenvalue weighted by Crippen LogP contribution is 2.32. The molecule has 0 aliphatic carbocycles. The minimum Gasteiger partial charge on any atom is -0.489 e. The molecule has 2 aliphatic heterocycles. The number of imide groups is 1. The Morgan fingerprint density at radius 1 is 1.00 bits per heavy atom. The molecule has 8 nitrogen and oxygen atoms in total. The molecule has 2 N–H and O–H groups in total. The van der Waals surface area contributed by atoms with Gasteiger partial charge >= 0.3 is 6.03 Å². The van der Waals surface area contributed by atoms with E-state index in [0.717, 1.165) is 22.0 Å². The lowest BCUT2D eigenvalue weighted by Crippen LogP contribution is -2.52. The monoisotopic (exact) mass is 496 g/mol. The van der Waals surface area contributed by atoms with Gasteiger partial charge in [0.2, 0.25) is 0 Å². The number of hydrogen-bond acceptors (Lipinski definition) is 5. The van der Waals surface area contributed by atoms with Crippen LogP contribution in [-0.2, 0) is 23.5 Å². The molecule has 0 radical (unpaired) electrons. The summed E-state index contributed by atoms with van der Waals surface area (Å²) in [5.74, 6) is -0.827. The van der Waals surface area contributed by atoms with E-state index in [2.05, 4.69) is 15.6 Å². The number of hydrogen-bond donors (Lipinski definition) is 2. The second-order valence-electron chi connectivity index (χ2n) is 9.13. The van der Waals surface area contributed by atoms with Gasteiger partial charge in [0.15, 0.2) is 5.54 Å². The van der Waals surface area contributed by atoms with Crippen LogP contribution >= 0.6 is 0 Å². The van der Waals surface area contributed by atoms with Gasteiger partial charge < -0.3 is 15.0 Å². The second-order valence-corrected chi connectivity index (χ2v) is 9.13. The van der Waals surface area contributed by atoms with Crippen LogP contribution in [0.2, 0.25) is 0 Å². The van der Waals surface area contributed by atoms with Crippen molar-refractivity contribution in [2.24, 2.45) is 0 Å². The quantitative estimate of drug-likeness (QED) is 0.397. The number of pyridine rings is 1. The number of benzene rings is 3. The molecule has 3 aromatic carbocycles. The molecule has 9 heteroatoms. The number of para-hydroxylation sites is 1. The molecule has 184 valence electrons. The molecule has 4 amide bonds. The largest absolute Gasteiger partial charge is 0.489 e. The number of amides is 4. The lowest BCUT2D eigenvalue weighted by atomic mass is 9.89. The minimum atomic E-state index is -1.52.